The molecule has 4 rings (SSSR count). The molecule has 26 heavy (non-hydrogen) atoms. The van der Waals surface area contributed by atoms with Crippen LogP contribution in [-0.2, 0) is 28.9 Å². The first-order valence-corrected chi connectivity index (χ1v) is 9.82. The van der Waals surface area contributed by atoms with Gasteiger partial charge in [0.05, 0.1) is 11.7 Å². The highest BCUT2D eigenvalue weighted by Crippen LogP contribution is 2.28. The summed E-state index contributed by atoms with van der Waals surface area (Å²) >= 11 is 1.38. The highest BCUT2D eigenvalue weighted by molar-refractivity contribution is 7.13. The summed E-state index contributed by atoms with van der Waals surface area (Å²) in [7, 11) is 0. The number of nitrogens with one attached hydrogen (secondary N) is 1. The van der Waals surface area contributed by atoms with E-state index >= 15 is 0 Å². The largest absolute Gasteiger partial charge is 0.375 e. The molecule has 3 N–H and O–H groups in total. The zero-order valence-corrected chi connectivity index (χ0v) is 15.3. The van der Waals surface area contributed by atoms with Crippen molar-refractivity contribution in [3.63, 3.8) is 0 Å². The van der Waals surface area contributed by atoms with Crippen LogP contribution >= 0.6 is 11.3 Å². The Morgan fingerprint density at radius 3 is 2.65 bits per heavy atom. The van der Waals surface area contributed by atoms with Crippen LogP contribution in [0.3, 0.4) is 0 Å². The van der Waals surface area contributed by atoms with Crippen LogP contribution in [-0.4, -0.2) is 40.3 Å². The SMILES string of the molecule is Nc1nc(CCC(=O)N[C@H]2CC(=O)N(C3Cc4ccccc4C3)C2)cs1. The second-order valence-electron chi connectivity index (χ2n) is 7.02. The minimum absolute atomic E-state index is 0.0362. The average Bonchev–Trinajstić information content (AvgIpc) is 3.31. The lowest BCUT2D eigenvalue weighted by Gasteiger charge is -2.24. The molecule has 136 valence electrons. The van der Waals surface area contributed by atoms with E-state index in [1.54, 1.807) is 0 Å². The molecule has 1 aliphatic carbocycles. The first-order chi connectivity index (χ1) is 12.6. The fourth-order valence-electron chi connectivity index (χ4n) is 3.92. The third-order valence-corrected chi connectivity index (χ3v) is 5.89. The number of carbonyl (C=O) groups excluding carboxylic acids is 2. The molecule has 2 heterocycles. The Labute approximate surface area is 156 Å². The van der Waals surface area contributed by atoms with Crippen LogP contribution in [0.4, 0.5) is 5.13 Å². The van der Waals surface area contributed by atoms with Crippen molar-refractivity contribution >= 4 is 28.3 Å². The molecule has 0 radical (unpaired) electrons. The van der Waals surface area contributed by atoms with E-state index in [9.17, 15) is 9.59 Å². The number of carbonyl (C=O) groups is 2. The van der Waals surface area contributed by atoms with E-state index in [0.29, 0.717) is 30.9 Å². The Hall–Kier alpha value is -2.41. The Morgan fingerprint density at radius 1 is 1.27 bits per heavy atom. The van der Waals surface area contributed by atoms with Crippen molar-refractivity contribution in [2.24, 2.45) is 0 Å². The summed E-state index contributed by atoms with van der Waals surface area (Å²) in [5.41, 5.74) is 9.11. The molecule has 6 nitrogen and oxygen atoms in total. The Morgan fingerprint density at radius 2 is 2.00 bits per heavy atom. The lowest BCUT2D eigenvalue weighted by molar-refractivity contribution is -0.129. The van der Waals surface area contributed by atoms with E-state index in [-0.39, 0.29) is 23.9 Å². The van der Waals surface area contributed by atoms with Gasteiger partial charge in [-0.2, -0.15) is 0 Å². The molecule has 0 spiro atoms. The number of nitrogen functional groups attached to an aromatic ring is 1. The summed E-state index contributed by atoms with van der Waals surface area (Å²) in [5, 5.41) is 5.40. The Kier molecular flexibility index (Phi) is 4.63. The standard InChI is InChI=1S/C19H22N4O2S/c20-19-22-14(11-26-19)5-6-17(24)21-15-9-18(25)23(10-15)16-7-12-3-1-2-4-13(12)8-16/h1-4,11,15-16H,5-10H2,(H2,20,22)(H,21,24)/t15-/m0/s1. The normalized spacial score (nSPS) is 19.8. The van der Waals surface area contributed by atoms with Crippen LogP contribution in [0.1, 0.15) is 29.7 Å². The lowest BCUT2D eigenvalue weighted by atomic mass is 10.1. The molecular weight excluding hydrogens is 348 g/mol. The highest BCUT2D eigenvalue weighted by atomic mass is 32.1. The zero-order valence-electron chi connectivity index (χ0n) is 14.5. The molecule has 2 amide bonds. The average molecular weight is 370 g/mol. The molecule has 1 aliphatic heterocycles. The third kappa shape index (κ3) is 3.58. The van der Waals surface area contributed by atoms with Crippen molar-refractivity contribution in [3.05, 3.63) is 46.5 Å². The summed E-state index contributed by atoms with van der Waals surface area (Å²) in [6.07, 6.45) is 3.15. The number of fused-ring (bicyclic) bond motifs is 1. The number of hydrogen-bond donors (Lipinski definition) is 2. The van der Waals surface area contributed by atoms with Crippen LogP contribution in [0.2, 0.25) is 0 Å². The van der Waals surface area contributed by atoms with Gasteiger partial charge in [-0.3, -0.25) is 9.59 Å². The number of nitrogens with two attached hydrogens (primary N) is 1. The molecule has 1 atom stereocenters. The molecule has 1 aromatic heterocycles. The fraction of sp³-hybridized carbons (Fsp3) is 0.421. The fourth-order valence-corrected chi connectivity index (χ4v) is 4.51. The first kappa shape index (κ1) is 17.0. The van der Waals surface area contributed by atoms with Gasteiger partial charge in [0.2, 0.25) is 11.8 Å². The zero-order chi connectivity index (χ0) is 18.1. The second-order valence-corrected chi connectivity index (χ2v) is 7.91. The van der Waals surface area contributed by atoms with Crippen LogP contribution in [0.15, 0.2) is 29.6 Å². The molecule has 0 saturated carbocycles. The molecule has 1 aromatic carbocycles. The number of rotatable bonds is 5. The third-order valence-electron chi connectivity index (χ3n) is 5.17. The molecule has 7 heteroatoms. The van der Waals surface area contributed by atoms with Crippen molar-refractivity contribution < 1.29 is 9.59 Å². The van der Waals surface area contributed by atoms with Crippen LogP contribution < -0.4 is 11.1 Å². The summed E-state index contributed by atoms with van der Waals surface area (Å²) in [6, 6.07) is 8.50. The van der Waals surface area contributed by atoms with Crippen LogP contribution in [0.5, 0.6) is 0 Å². The minimum Gasteiger partial charge on any atom is -0.375 e. The van der Waals surface area contributed by atoms with Gasteiger partial charge in [-0.25, -0.2) is 4.98 Å². The maximum atomic E-state index is 12.4. The topological polar surface area (TPSA) is 88.3 Å². The van der Waals surface area contributed by atoms with E-state index in [1.165, 1.54) is 22.5 Å². The van der Waals surface area contributed by atoms with Crippen LogP contribution in [0.25, 0.3) is 0 Å². The van der Waals surface area contributed by atoms with Gasteiger partial charge in [0.15, 0.2) is 5.13 Å². The smallest absolute Gasteiger partial charge is 0.225 e. The van der Waals surface area contributed by atoms with E-state index in [1.807, 2.05) is 22.4 Å². The van der Waals surface area contributed by atoms with Crippen molar-refractivity contribution in [1.82, 2.24) is 15.2 Å². The van der Waals surface area contributed by atoms with E-state index in [4.69, 9.17) is 5.73 Å². The lowest BCUT2D eigenvalue weighted by Crippen LogP contribution is -2.41. The summed E-state index contributed by atoms with van der Waals surface area (Å²) in [4.78, 5) is 30.7. The number of thiazole rings is 1. The first-order valence-electron chi connectivity index (χ1n) is 8.94. The van der Waals surface area contributed by atoms with E-state index in [0.717, 1.165) is 18.5 Å². The van der Waals surface area contributed by atoms with Crippen molar-refractivity contribution in [2.75, 3.05) is 12.3 Å². The van der Waals surface area contributed by atoms with Crippen molar-refractivity contribution in [3.8, 4) is 0 Å². The summed E-state index contributed by atoms with van der Waals surface area (Å²) < 4.78 is 0. The molecule has 2 aliphatic rings. The van der Waals surface area contributed by atoms with E-state index in [2.05, 4.69) is 22.4 Å². The number of hydrogen-bond acceptors (Lipinski definition) is 5. The van der Waals surface area contributed by atoms with Gasteiger partial charge in [-0.1, -0.05) is 24.3 Å². The van der Waals surface area contributed by atoms with E-state index < -0.39 is 0 Å². The number of benzene rings is 1. The highest BCUT2D eigenvalue weighted by Gasteiger charge is 2.37. The van der Waals surface area contributed by atoms with Gasteiger partial charge in [-0.05, 0) is 30.4 Å². The van der Waals surface area contributed by atoms with Crippen LogP contribution in [0, 0.1) is 0 Å². The molecule has 1 saturated heterocycles. The maximum Gasteiger partial charge on any atom is 0.225 e. The van der Waals surface area contributed by atoms with Gasteiger partial charge < -0.3 is 16.0 Å². The molecular formula is C19H22N4O2S. The number of anilines is 1. The number of aromatic nitrogens is 1. The van der Waals surface area contributed by atoms with Gasteiger partial charge in [-0.15, -0.1) is 11.3 Å². The number of aryl methyl sites for hydroxylation is 1. The minimum atomic E-state index is -0.0979. The number of nitrogens with zero attached hydrogens (tertiary/aromatic N) is 2. The predicted molar refractivity (Wildman–Crippen MR) is 101 cm³/mol. The van der Waals surface area contributed by atoms with Gasteiger partial charge in [0.25, 0.3) is 0 Å². The Bertz CT molecular complexity index is 809. The molecule has 2 aromatic rings. The quantitative estimate of drug-likeness (QED) is 0.836. The number of amides is 2. The molecule has 0 unspecified atom stereocenters. The van der Waals surface area contributed by atoms with Crippen molar-refractivity contribution in [2.45, 2.75) is 44.2 Å². The summed E-state index contributed by atoms with van der Waals surface area (Å²) in [5.74, 6) is 0.103. The van der Waals surface area contributed by atoms with Gasteiger partial charge in [0, 0.05) is 30.8 Å². The second kappa shape index (κ2) is 7.07. The molecule has 1 fully saturated rings. The van der Waals surface area contributed by atoms with Gasteiger partial charge in [0.1, 0.15) is 0 Å². The number of likely N-dealkylation sites (tertiary alicyclic amines) is 1. The van der Waals surface area contributed by atoms with Gasteiger partial charge >= 0.3 is 0 Å². The van der Waals surface area contributed by atoms with Crippen molar-refractivity contribution in [1.29, 1.82) is 0 Å². The molecule has 0 bridgehead atoms. The summed E-state index contributed by atoms with van der Waals surface area (Å²) in [6.45, 7) is 0.604. The predicted octanol–water partition coefficient (Wildman–Crippen LogP) is 1.54. The Balaban J connectivity index is 1.29. The monoisotopic (exact) mass is 370 g/mol. The maximum absolute atomic E-state index is 12.4.